The molecule has 0 atom stereocenters. The van der Waals surface area contributed by atoms with Crippen molar-refractivity contribution >= 4 is 11.7 Å². The minimum atomic E-state index is -0.454. The lowest BCUT2D eigenvalue weighted by molar-refractivity contribution is 0.100. The summed E-state index contributed by atoms with van der Waals surface area (Å²) in [5, 5.41) is 0. The Morgan fingerprint density at radius 2 is 2.25 bits per heavy atom. The molecule has 1 heterocycles. The monoisotopic (exact) mass is 167 g/mol. The van der Waals surface area contributed by atoms with E-state index in [-0.39, 0.29) is 0 Å². The second-order valence-corrected chi connectivity index (χ2v) is 2.74. The van der Waals surface area contributed by atoms with Gasteiger partial charge in [-0.05, 0) is 12.0 Å². The number of rotatable bonds is 2. The second-order valence-electron chi connectivity index (χ2n) is 2.74. The average molecular weight is 167 g/mol. The molecule has 0 bridgehead atoms. The quantitative estimate of drug-likeness (QED) is 0.663. The summed E-state index contributed by atoms with van der Waals surface area (Å²) in [6.45, 7) is 1.96. The summed E-state index contributed by atoms with van der Waals surface area (Å²) >= 11 is 0. The highest BCUT2D eigenvalue weighted by Gasteiger charge is 2.14. The van der Waals surface area contributed by atoms with Crippen LogP contribution in [0.3, 0.4) is 0 Å². The molecule has 0 radical (unpaired) electrons. The van der Waals surface area contributed by atoms with Crippen molar-refractivity contribution in [2.45, 2.75) is 13.3 Å². The van der Waals surface area contributed by atoms with Gasteiger partial charge in [-0.3, -0.25) is 4.79 Å². The molecule has 0 unspecified atom stereocenters. The Kier molecular flexibility index (Phi) is 2.08. The van der Waals surface area contributed by atoms with Gasteiger partial charge in [-0.2, -0.15) is 0 Å². The summed E-state index contributed by atoms with van der Waals surface area (Å²) in [6, 6.07) is 0. The maximum absolute atomic E-state index is 10.9. The largest absolute Gasteiger partial charge is 0.384 e. The lowest BCUT2D eigenvalue weighted by Gasteiger charge is -1.97. The molecule has 4 heteroatoms. The van der Waals surface area contributed by atoms with E-state index in [0.717, 1.165) is 12.0 Å². The number of primary amides is 1. The minimum Gasteiger partial charge on any atom is -0.384 e. The number of aryl methyl sites for hydroxylation is 2. The molecule has 0 spiro atoms. The molecular weight excluding hydrogens is 154 g/mol. The first kappa shape index (κ1) is 8.64. The van der Waals surface area contributed by atoms with Crippen LogP contribution in [0.25, 0.3) is 0 Å². The molecule has 0 aliphatic rings. The van der Waals surface area contributed by atoms with Crippen LogP contribution in [0, 0.1) is 0 Å². The van der Waals surface area contributed by atoms with Crippen molar-refractivity contribution in [1.29, 1.82) is 0 Å². The fourth-order valence-electron chi connectivity index (χ4n) is 1.26. The molecule has 66 valence electrons. The van der Waals surface area contributed by atoms with Gasteiger partial charge in [0.15, 0.2) is 0 Å². The van der Waals surface area contributed by atoms with Crippen molar-refractivity contribution in [3.8, 4) is 0 Å². The van der Waals surface area contributed by atoms with Gasteiger partial charge in [0, 0.05) is 13.2 Å². The summed E-state index contributed by atoms with van der Waals surface area (Å²) in [6.07, 6.45) is 2.60. The number of hydrogen-bond acceptors (Lipinski definition) is 2. The Morgan fingerprint density at radius 3 is 2.58 bits per heavy atom. The van der Waals surface area contributed by atoms with Crippen molar-refractivity contribution in [2.75, 3.05) is 5.73 Å². The van der Waals surface area contributed by atoms with Gasteiger partial charge in [0.2, 0.25) is 0 Å². The zero-order valence-electron chi connectivity index (χ0n) is 7.29. The summed E-state index contributed by atoms with van der Waals surface area (Å²) in [5.41, 5.74) is 12.2. The molecule has 1 rings (SSSR count). The number of aromatic nitrogens is 1. The zero-order valence-corrected chi connectivity index (χ0v) is 7.29. The van der Waals surface area contributed by atoms with Crippen LogP contribution in [0.1, 0.15) is 22.8 Å². The summed E-state index contributed by atoms with van der Waals surface area (Å²) in [5.74, 6) is -0.00991. The molecule has 0 saturated carbocycles. The van der Waals surface area contributed by atoms with E-state index in [9.17, 15) is 4.79 Å². The van der Waals surface area contributed by atoms with E-state index in [2.05, 4.69) is 0 Å². The molecule has 0 aliphatic carbocycles. The van der Waals surface area contributed by atoms with Crippen LogP contribution in [0.5, 0.6) is 0 Å². The van der Waals surface area contributed by atoms with Crippen LogP contribution < -0.4 is 11.5 Å². The minimum absolute atomic E-state index is 0.444. The van der Waals surface area contributed by atoms with E-state index in [4.69, 9.17) is 11.5 Å². The number of anilines is 1. The molecule has 12 heavy (non-hydrogen) atoms. The second kappa shape index (κ2) is 2.89. The van der Waals surface area contributed by atoms with Crippen molar-refractivity contribution in [2.24, 2.45) is 12.8 Å². The normalized spacial score (nSPS) is 10.2. The fourth-order valence-corrected chi connectivity index (χ4v) is 1.26. The molecular formula is C8H13N3O. The third-order valence-corrected chi connectivity index (χ3v) is 1.93. The van der Waals surface area contributed by atoms with E-state index in [0.29, 0.717) is 11.4 Å². The van der Waals surface area contributed by atoms with Gasteiger partial charge in [-0.15, -0.1) is 0 Å². The predicted molar refractivity (Wildman–Crippen MR) is 47.7 cm³/mol. The first-order valence-corrected chi connectivity index (χ1v) is 3.81. The molecule has 0 saturated heterocycles. The van der Waals surface area contributed by atoms with Gasteiger partial charge in [-0.25, -0.2) is 0 Å². The molecule has 4 N–H and O–H groups in total. The number of carbonyl (C=O) groups excluding carboxylic acids is 1. The summed E-state index contributed by atoms with van der Waals surface area (Å²) < 4.78 is 1.71. The van der Waals surface area contributed by atoms with Gasteiger partial charge in [-0.1, -0.05) is 6.92 Å². The Bertz CT molecular complexity index is 314. The average Bonchev–Trinajstić information content (AvgIpc) is 2.28. The van der Waals surface area contributed by atoms with Gasteiger partial charge in [0.05, 0.1) is 5.56 Å². The molecule has 1 amide bonds. The molecule has 1 aromatic rings. The third-order valence-electron chi connectivity index (χ3n) is 1.93. The zero-order chi connectivity index (χ0) is 9.30. The number of hydrogen-bond donors (Lipinski definition) is 2. The van der Waals surface area contributed by atoms with Crippen LogP contribution in [0.2, 0.25) is 0 Å². The number of carbonyl (C=O) groups is 1. The highest BCUT2D eigenvalue weighted by Crippen LogP contribution is 2.18. The Morgan fingerprint density at radius 1 is 1.67 bits per heavy atom. The van der Waals surface area contributed by atoms with E-state index in [1.165, 1.54) is 0 Å². The fraction of sp³-hybridized carbons (Fsp3) is 0.375. The third kappa shape index (κ3) is 1.15. The number of amides is 1. The van der Waals surface area contributed by atoms with Crippen LogP contribution in [-0.4, -0.2) is 10.5 Å². The Hall–Kier alpha value is -1.45. The van der Waals surface area contributed by atoms with Gasteiger partial charge in [0.25, 0.3) is 5.91 Å². The Balaban J connectivity index is 3.31. The van der Waals surface area contributed by atoms with E-state index >= 15 is 0 Å². The highest BCUT2D eigenvalue weighted by atomic mass is 16.1. The summed E-state index contributed by atoms with van der Waals surface area (Å²) in [7, 11) is 1.79. The molecule has 0 aromatic carbocycles. The van der Waals surface area contributed by atoms with Crippen LogP contribution in [-0.2, 0) is 13.5 Å². The van der Waals surface area contributed by atoms with Crippen LogP contribution >= 0.6 is 0 Å². The van der Waals surface area contributed by atoms with E-state index in [1.807, 2.05) is 13.1 Å². The first-order chi connectivity index (χ1) is 5.57. The van der Waals surface area contributed by atoms with E-state index in [1.54, 1.807) is 11.6 Å². The maximum atomic E-state index is 10.9. The van der Waals surface area contributed by atoms with Crippen LogP contribution in [0.4, 0.5) is 5.82 Å². The topological polar surface area (TPSA) is 74.0 Å². The van der Waals surface area contributed by atoms with E-state index < -0.39 is 5.91 Å². The Labute approximate surface area is 71.2 Å². The standard InChI is InChI=1S/C8H13N3O/c1-3-5-4-11(2)7(9)6(5)8(10)12/h4H,3,9H2,1-2H3,(H2,10,12). The van der Waals surface area contributed by atoms with Crippen molar-refractivity contribution in [3.05, 3.63) is 17.3 Å². The van der Waals surface area contributed by atoms with Crippen molar-refractivity contribution in [1.82, 2.24) is 4.57 Å². The molecule has 4 nitrogen and oxygen atoms in total. The number of nitrogens with zero attached hydrogens (tertiary/aromatic N) is 1. The number of nitrogens with two attached hydrogens (primary N) is 2. The SMILES string of the molecule is CCc1cn(C)c(N)c1C(N)=O. The van der Waals surface area contributed by atoms with Gasteiger partial charge < -0.3 is 16.0 Å². The lowest BCUT2D eigenvalue weighted by Crippen LogP contribution is -2.14. The highest BCUT2D eigenvalue weighted by molar-refractivity contribution is 5.99. The maximum Gasteiger partial charge on any atom is 0.252 e. The molecule has 1 aromatic heterocycles. The predicted octanol–water partition coefficient (Wildman–Crippen LogP) is 0.269. The smallest absolute Gasteiger partial charge is 0.252 e. The first-order valence-electron chi connectivity index (χ1n) is 3.81. The summed E-state index contributed by atoms with van der Waals surface area (Å²) in [4.78, 5) is 10.9. The van der Waals surface area contributed by atoms with Gasteiger partial charge in [0.1, 0.15) is 5.82 Å². The van der Waals surface area contributed by atoms with Crippen molar-refractivity contribution in [3.63, 3.8) is 0 Å². The van der Waals surface area contributed by atoms with Crippen LogP contribution in [0.15, 0.2) is 6.20 Å². The lowest BCUT2D eigenvalue weighted by atomic mass is 10.1. The molecule has 0 fully saturated rings. The number of nitrogen functional groups attached to an aromatic ring is 1. The van der Waals surface area contributed by atoms with Gasteiger partial charge >= 0.3 is 0 Å². The molecule has 0 aliphatic heterocycles. The van der Waals surface area contributed by atoms with Crippen molar-refractivity contribution < 1.29 is 4.79 Å².